The molecule has 0 aliphatic heterocycles. The summed E-state index contributed by atoms with van der Waals surface area (Å²) in [5.74, 6) is 2.43. The third-order valence-corrected chi connectivity index (χ3v) is 8.79. The second-order valence-electron chi connectivity index (χ2n) is 11.4. The zero-order valence-electron chi connectivity index (χ0n) is 24.6. The summed E-state index contributed by atoms with van der Waals surface area (Å²) in [7, 11) is 0. The van der Waals surface area contributed by atoms with E-state index in [-0.39, 0.29) is 0 Å². The van der Waals surface area contributed by atoms with Crippen molar-refractivity contribution in [1.29, 1.82) is 0 Å². The molecular formula is C39H25N7. The third kappa shape index (κ3) is 3.51. The highest BCUT2D eigenvalue weighted by molar-refractivity contribution is 5.95. The molecule has 0 saturated carbocycles. The third-order valence-electron chi connectivity index (χ3n) is 8.79. The van der Waals surface area contributed by atoms with Crippen LogP contribution < -0.4 is 0 Å². The van der Waals surface area contributed by atoms with E-state index < -0.39 is 0 Å². The average Bonchev–Trinajstić information content (AvgIpc) is 3.79. The highest BCUT2D eigenvalue weighted by Gasteiger charge is 2.20. The predicted molar refractivity (Wildman–Crippen MR) is 185 cm³/mol. The Balaban J connectivity index is 1.43. The van der Waals surface area contributed by atoms with Gasteiger partial charge in [0, 0.05) is 11.3 Å². The molecule has 0 amide bonds. The van der Waals surface area contributed by atoms with Crippen molar-refractivity contribution in [3.63, 3.8) is 0 Å². The van der Waals surface area contributed by atoms with Gasteiger partial charge in [0.05, 0.1) is 49.8 Å². The van der Waals surface area contributed by atoms with Crippen molar-refractivity contribution in [3.8, 4) is 22.8 Å². The molecule has 0 spiro atoms. The van der Waals surface area contributed by atoms with E-state index in [1.165, 1.54) is 0 Å². The summed E-state index contributed by atoms with van der Waals surface area (Å²) >= 11 is 0. The van der Waals surface area contributed by atoms with Crippen LogP contribution in [0.15, 0.2) is 152 Å². The van der Waals surface area contributed by atoms with Crippen LogP contribution in [0, 0.1) is 0 Å². The summed E-state index contributed by atoms with van der Waals surface area (Å²) in [6.45, 7) is 0. The molecule has 4 heterocycles. The Hall–Kier alpha value is -6.47. The maximum Gasteiger partial charge on any atom is 0.223 e. The van der Waals surface area contributed by atoms with E-state index >= 15 is 0 Å². The summed E-state index contributed by atoms with van der Waals surface area (Å²) in [6, 6.07) is 52.4. The largest absolute Gasteiger partial charge is 0.292 e. The van der Waals surface area contributed by atoms with Crippen LogP contribution in [-0.2, 0) is 0 Å². The average molecular weight is 592 g/mol. The minimum absolute atomic E-state index is 0.774. The van der Waals surface area contributed by atoms with Crippen molar-refractivity contribution in [2.24, 2.45) is 0 Å². The van der Waals surface area contributed by atoms with E-state index in [0.29, 0.717) is 0 Å². The van der Waals surface area contributed by atoms with Gasteiger partial charge in [0.2, 0.25) is 11.6 Å². The quantitative estimate of drug-likeness (QED) is 0.206. The number of fused-ring (bicyclic) bond motifs is 10. The molecule has 46 heavy (non-hydrogen) atoms. The Labute approximate surface area is 262 Å². The molecule has 7 nitrogen and oxygen atoms in total. The van der Waals surface area contributed by atoms with Crippen LogP contribution in [0.25, 0.3) is 78.5 Å². The number of hydrogen-bond acceptors (Lipinski definition) is 3. The SMILES string of the molecule is c1ccc(-n2c(-c3ccc4c(c3)n3c5ccccc5nc3n(-c3ccccc3)c3nc5ccccc5n43)nc3ccccc32)cc1. The van der Waals surface area contributed by atoms with Crippen molar-refractivity contribution in [2.45, 2.75) is 0 Å². The van der Waals surface area contributed by atoms with E-state index in [0.717, 1.165) is 78.5 Å². The van der Waals surface area contributed by atoms with Crippen molar-refractivity contribution in [1.82, 2.24) is 32.9 Å². The van der Waals surface area contributed by atoms with Gasteiger partial charge in [-0.3, -0.25) is 13.4 Å². The van der Waals surface area contributed by atoms with Crippen molar-refractivity contribution in [2.75, 3.05) is 0 Å². The number of hydrogen-bond donors (Lipinski definition) is 0. The lowest BCUT2D eigenvalue weighted by atomic mass is 10.1. The second-order valence-corrected chi connectivity index (χ2v) is 11.4. The van der Waals surface area contributed by atoms with Gasteiger partial charge < -0.3 is 0 Å². The van der Waals surface area contributed by atoms with Gasteiger partial charge in [0.15, 0.2) is 0 Å². The Morgan fingerprint density at radius 1 is 0.348 bits per heavy atom. The Morgan fingerprint density at radius 2 is 0.826 bits per heavy atom. The molecule has 0 fully saturated rings. The first-order chi connectivity index (χ1) is 22.8. The molecule has 0 aliphatic rings. The molecule has 4 aromatic heterocycles. The Bertz CT molecular complexity index is 2800. The first-order valence-corrected chi connectivity index (χ1v) is 15.3. The molecule has 0 bridgehead atoms. The van der Waals surface area contributed by atoms with Gasteiger partial charge in [0.25, 0.3) is 0 Å². The van der Waals surface area contributed by atoms with Crippen LogP contribution in [0.4, 0.5) is 0 Å². The molecule has 10 rings (SSSR count). The number of benzene rings is 6. The summed E-state index contributed by atoms with van der Waals surface area (Å²) < 4.78 is 8.93. The molecule has 7 heteroatoms. The van der Waals surface area contributed by atoms with E-state index in [2.05, 4.69) is 139 Å². The lowest BCUT2D eigenvalue weighted by Gasteiger charge is -2.10. The number of nitrogens with zero attached hydrogens (tertiary/aromatic N) is 7. The van der Waals surface area contributed by atoms with Gasteiger partial charge >= 0.3 is 0 Å². The molecule has 0 unspecified atom stereocenters. The summed E-state index contributed by atoms with van der Waals surface area (Å²) in [4.78, 5) is 15.7. The number of imidazole rings is 3. The fourth-order valence-electron chi connectivity index (χ4n) is 6.79. The fraction of sp³-hybridized carbons (Fsp3) is 0. The molecule has 6 aromatic carbocycles. The van der Waals surface area contributed by atoms with Gasteiger partial charge in [0.1, 0.15) is 5.82 Å². The monoisotopic (exact) mass is 591 g/mol. The highest BCUT2D eigenvalue weighted by atomic mass is 15.3. The van der Waals surface area contributed by atoms with E-state index in [1.807, 2.05) is 30.3 Å². The van der Waals surface area contributed by atoms with Crippen LogP contribution in [0.3, 0.4) is 0 Å². The molecule has 10 aromatic rings. The molecule has 0 aliphatic carbocycles. The minimum Gasteiger partial charge on any atom is -0.292 e. The molecule has 0 saturated heterocycles. The number of rotatable bonds is 3. The number of para-hydroxylation sites is 8. The maximum atomic E-state index is 5.26. The van der Waals surface area contributed by atoms with Gasteiger partial charge in [-0.2, -0.15) is 0 Å². The fourth-order valence-corrected chi connectivity index (χ4v) is 6.79. The summed E-state index contributed by atoms with van der Waals surface area (Å²) in [5.41, 5.74) is 10.9. The van der Waals surface area contributed by atoms with Gasteiger partial charge in [-0.1, -0.05) is 72.8 Å². The molecule has 0 N–H and O–H groups in total. The first kappa shape index (κ1) is 24.9. The zero-order valence-corrected chi connectivity index (χ0v) is 24.6. The maximum absolute atomic E-state index is 5.26. The topological polar surface area (TPSA) is 57.3 Å². The number of aromatic nitrogens is 7. The summed E-state index contributed by atoms with van der Waals surface area (Å²) in [6.07, 6.45) is 0. The van der Waals surface area contributed by atoms with Gasteiger partial charge in [-0.25, -0.2) is 19.5 Å². The van der Waals surface area contributed by atoms with Gasteiger partial charge in [-0.05, 0) is 78.9 Å². The van der Waals surface area contributed by atoms with Crippen LogP contribution >= 0.6 is 0 Å². The standard InChI is InChI=1S/C39H25N7/c1-3-13-27(14-4-1)43-32-20-10-7-17-29(32)40-37(43)26-23-24-35-36(25-26)46-34-22-12-9-19-31(34)42-39(46)44(28-15-5-2-6-16-28)38-41-30-18-8-11-21-33(30)45(35)38/h1-25H. The first-order valence-electron chi connectivity index (χ1n) is 15.3. The predicted octanol–water partition coefficient (Wildman–Crippen LogP) is 8.80. The lowest BCUT2D eigenvalue weighted by molar-refractivity contribution is 1.03. The normalized spacial score (nSPS) is 11.9. The smallest absolute Gasteiger partial charge is 0.223 e. The summed E-state index contributed by atoms with van der Waals surface area (Å²) in [5, 5.41) is 0. The van der Waals surface area contributed by atoms with Crippen molar-refractivity contribution >= 4 is 55.7 Å². The second kappa shape index (κ2) is 9.51. The van der Waals surface area contributed by atoms with Crippen LogP contribution in [0.2, 0.25) is 0 Å². The van der Waals surface area contributed by atoms with E-state index in [4.69, 9.17) is 15.0 Å². The molecule has 0 radical (unpaired) electrons. The Morgan fingerprint density at radius 3 is 1.43 bits per heavy atom. The van der Waals surface area contributed by atoms with Crippen LogP contribution in [-0.4, -0.2) is 32.9 Å². The minimum atomic E-state index is 0.774. The lowest BCUT2D eigenvalue weighted by Crippen LogP contribution is -2.01. The van der Waals surface area contributed by atoms with Crippen LogP contribution in [0.1, 0.15) is 0 Å². The zero-order chi connectivity index (χ0) is 30.2. The molecular weight excluding hydrogens is 566 g/mol. The van der Waals surface area contributed by atoms with Crippen LogP contribution in [0.5, 0.6) is 0 Å². The van der Waals surface area contributed by atoms with E-state index in [1.54, 1.807) is 0 Å². The van der Waals surface area contributed by atoms with Gasteiger partial charge in [-0.15, -0.1) is 0 Å². The van der Waals surface area contributed by atoms with Crippen molar-refractivity contribution in [3.05, 3.63) is 152 Å². The highest BCUT2D eigenvalue weighted by Crippen LogP contribution is 2.34. The molecule has 0 atom stereocenters. The molecule has 216 valence electrons. The van der Waals surface area contributed by atoms with E-state index in [9.17, 15) is 0 Å². The Kier molecular flexibility index (Phi) is 5.15. The van der Waals surface area contributed by atoms with Crippen molar-refractivity contribution < 1.29 is 0 Å².